The number of rotatable bonds is 5. The normalized spacial score (nSPS) is 18.8. The summed E-state index contributed by atoms with van der Waals surface area (Å²) in [6.07, 6.45) is 6.62. The van der Waals surface area contributed by atoms with E-state index in [0.717, 1.165) is 11.0 Å². The molecule has 0 saturated heterocycles. The summed E-state index contributed by atoms with van der Waals surface area (Å²) in [6, 6.07) is 2.53. The number of carbonyl (C=O) groups excluding carboxylic acids is 1. The van der Waals surface area contributed by atoms with E-state index in [9.17, 15) is 4.79 Å². The molecular formula is C16H26NO2S+. The molecule has 112 valence electrons. The van der Waals surface area contributed by atoms with Crippen molar-refractivity contribution in [1.82, 2.24) is 0 Å². The minimum Gasteiger partial charge on any atom is -0.453 e. The molecule has 1 fully saturated rings. The van der Waals surface area contributed by atoms with Crippen LogP contribution in [-0.4, -0.2) is 43.2 Å². The van der Waals surface area contributed by atoms with Crippen molar-refractivity contribution < 1.29 is 14.0 Å². The molecule has 3 nitrogen and oxygen atoms in total. The van der Waals surface area contributed by atoms with Crippen LogP contribution >= 0.6 is 11.3 Å². The van der Waals surface area contributed by atoms with Crippen molar-refractivity contribution in [3.8, 4) is 0 Å². The highest BCUT2D eigenvalue weighted by atomic mass is 32.1. The van der Waals surface area contributed by atoms with Crippen LogP contribution in [0.3, 0.4) is 0 Å². The van der Waals surface area contributed by atoms with Crippen LogP contribution in [0.4, 0.5) is 0 Å². The molecule has 0 radical (unpaired) electrons. The molecule has 4 heteroatoms. The molecule has 1 saturated carbocycles. The van der Waals surface area contributed by atoms with Gasteiger partial charge < -0.3 is 9.22 Å². The molecule has 0 spiro atoms. The van der Waals surface area contributed by atoms with Crippen LogP contribution in [-0.2, 0) is 4.74 Å². The molecule has 1 unspecified atom stereocenters. The third-order valence-corrected chi connectivity index (χ3v) is 5.04. The zero-order chi connectivity index (χ0) is 14.6. The zero-order valence-electron chi connectivity index (χ0n) is 12.8. The van der Waals surface area contributed by atoms with Gasteiger partial charge in [-0.2, -0.15) is 11.3 Å². The van der Waals surface area contributed by atoms with Crippen molar-refractivity contribution in [2.45, 2.75) is 51.2 Å². The molecule has 2 rings (SSSR count). The number of carbonyl (C=O) groups is 1. The first-order chi connectivity index (χ1) is 9.49. The maximum Gasteiger partial charge on any atom is 0.339 e. The third kappa shape index (κ3) is 4.06. The first-order valence-electron chi connectivity index (χ1n) is 7.55. The lowest BCUT2D eigenvalue weighted by atomic mass is 9.93. The summed E-state index contributed by atoms with van der Waals surface area (Å²) >= 11 is 1.53. The fraction of sp³-hybridized carbons (Fsp3) is 0.688. The van der Waals surface area contributed by atoms with E-state index in [0.29, 0.717) is 11.6 Å². The Hall–Kier alpha value is -0.870. The summed E-state index contributed by atoms with van der Waals surface area (Å²) in [5.41, 5.74) is 0.671. The van der Waals surface area contributed by atoms with E-state index in [1.807, 2.05) is 23.8 Å². The van der Waals surface area contributed by atoms with E-state index in [-0.39, 0.29) is 12.1 Å². The molecule has 1 aromatic rings. The second-order valence-electron chi connectivity index (χ2n) is 6.48. The first kappa shape index (κ1) is 15.5. The number of quaternary nitrogens is 1. The van der Waals surface area contributed by atoms with Gasteiger partial charge in [0.05, 0.1) is 25.7 Å². The number of esters is 1. The predicted octanol–water partition coefficient (Wildman–Crippen LogP) is 3.70. The Morgan fingerprint density at radius 2 is 2.10 bits per heavy atom. The highest BCUT2D eigenvalue weighted by Gasteiger charge is 2.32. The molecule has 0 N–H and O–H groups in total. The average Bonchev–Trinajstić information content (AvgIpc) is 2.93. The van der Waals surface area contributed by atoms with Crippen molar-refractivity contribution >= 4 is 17.3 Å². The van der Waals surface area contributed by atoms with Gasteiger partial charge in [-0.25, -0.2) is 4.79 Å². The van der Waals surface area contributed by atoms with Crippen molar-refractivity contribution in [2.75, 3.05) is 20.6 Å². The maximum atomic E-state index is 12.0. The molecule has 1 aromatic heterocycles. The van der Waals surface area contributed by atoms with Crippen molar-refractivity contribution in [2.24, 2.45) is 0 Å². The number of nitrogens with zero attached hydrogens (tertiary/aromatic N) is 1. The largest absolute Gasteiger partial charge is 0.453 e. The van der Waals surface area contributed by atoms with Gasteiger partial charge in [-0.15, -0.1) is 0 Å². The molecule has 1 atom stereocenters. The number of hydrogen-bond donors (Lipinski definition) is 0. The second-order valence-corrected chi connectivity index (χ2v) is 7.26. The van der Waals surface area contributed by atoms with E-state index < -0.39 is 0 Å². The molecule has 1 aliphatic rings. The number of ether oxygens (including phenoxy) is 1. The smallest absolute Gasteiger partial charge is 0.339 e. The van der Waals surface area contributed by atoms with E-state index in [4.69, 9.17) is 4.74 Å². The van der Waals surface area contributed by atoms with E-state index >= 15 is 0 Å². The van der Waals surface area contributed by atoms with Crippen molar-refractivity contribution in [1.29, 1.82) is 0 Å². The summed E-state index contributed by atoms with van der Waals surface area (Å²) in [5, 5.41) is 3.75. The molecule has 0 aliphatic heterocycles. The molecule has 0 bridgehead atoms. The van der Waals surface area contributed by atoms with Crippen LogP contribution in [0.2, 0.25) is 0 Å². The van der Waals surface area contributed by atoms with Gasteiger partial charge in [-0.3, -0.25) is 0 Å². The lowest BCUT2D eigenvalue weighted by Crippen LogP contribution is -2.53. The second kappa shape index (κ2) is 6.72. The van der Waals surface area contributed by atoms with Crippen LogP contribution in [0.15, 0.2) is 16.8 Å². The summed E-state index contributed by atoms with van der Waals surface area (Å²) < 4.78 is 6.53. The van der Waals surface area contributed by atoms with E-state index in [1.165, 1.54) is 43.4 Å². The topological polar surface area (TPSA) is 26.3 Å². The van der Waals surface area contributed by atoms with Crippen molar-refractivity contribution in [3.63, 3.8) is 0 Å². The van der Waals surface area contributed by atoms with Crippen LogP contribution in [0, 0.1) is 0 Å². The summed E-state index contributed by atoms with van der Waals surface area (Å²) in [6.45, 7) is 2.90. The van der Waals surface area contributed by atoms with Gasteiger partial charge in [0.1, 0.15) is 12.6 Å². The predicted molar refractivity (Wildman–Crippen MR) is 83.0 cm³/mol. The van der Waals surface area contributed by atoms with Gasteiger partial charge in [-0.1, -0.05) is 6.42 Å². The molecular weight excluding hydrogens is 270 g/mol. The lowest BCUT2D eigenvalue weighted by Gasteiger charge is -2.41. The monoisotopic (exact) mass is 296 g/mol. The quantitative estimate of drug-likeness (QED) is 0.612. The summed E-state index contributed by atoms with van der Waals surface area (Å²) in [7, 11) is 4.54. The van der Waals surface area contributed by atoms with Gasteiger partial charge in [0.2, 0.25) is 0 Å². The Bertz CT molecular complexity index is 422. The fourth-order valence-electron chi connectivity index (χ4n) is 3.26. The van der Waals surface area contributed by atoms with Crippen LogP contribution in [0.5, 0.6) is 0 Å². The number of likely N-dealkylation sites (N-methyl/N-ethyl adjacent to an activating group) is 1. The minimum atomic E-state index is -0.192. The lowest BCUT2D eigenvalue weighted by molar-refractivity contribution is -0.918. The van der Waals surface area contributed by atoms with Crippen molar-refractivity contribution in [3.05, 3.63) is 22.4 Å². The highest BCUT2D eigenvalue weighted by molar-refractivity contribution is 7.08. The average molecular weight is 296 g/mol. The molecule has 0 amide bonds. The van der Waals surface area contributed by atoms with Crippen LogP contribution in [0.1, 0.15) is 49.4 Å². The summed E-state index contributed by atoms with van der Waals surface area (Å²) in [4.78, 5) is 12.0. The maximum absolute atomic E-state index is 12.0. The first-order valence-corrected chi connectivity index (χ1v) is 8.49. The number of thiophene rings is 1. The molecule has 0 aromatic carbocycles. The van der Waals surface area contributed by atoms with Gasteiger partial charge in [-0.05, 0) is 44.1 Å². The Morgan fingerprint density at radius 3 is 2.70 bits per heavy atom. The Kier molecular flexibility index (Phi) is 5.22. The Labute approximate surface area is 126 Å². The third-order valence-electron chi connectivity index (χ3n) is 4.36. The van der Waals surface area contributed by atoms with E-state index in [1.54, 1.807) is 0 Å². The molecule has 20 heavy (non-hydrogen) atoms. The Morgan fingerprint density at radius 1 is 1.40 bits per heavy atom. The minimum absolute atomic E-state index is 0.0423. The van der Waals surface area contributed by atoms with E-state index in [2.05, 4.69) is 14.1 Å². The van der Waals surface area contributed by atoms with Crippen LogP contribution < -0.4 is 0 Å². The standard InChI is InChI=1S/C16H26NO2S/c1-13(19-16(18)14-9-10-20-12-14)11-17(2,3)15-7-5-4-6-8-15/h9-10,12-13,15H,4-8,11H2,1-3H3/q+1. The van der Waals surface area contributed by atoms with Gasteiger partial charge in [0.25, 0.3) is 0 Å². The zero-order valence-corrected chi connectivity index (χ0v) is 13.6. The Balaban J connectivity index is 1.86. The fourth-order valence-corrected chi connectivity index (χ4v) is 3.89. The molecule has 1 aliphatic carbocycles. The highest BCUT2D eigenvalue weighted by Crippen LogP contribution is 2.26. The molecule has 1 heterocycles. The van der Waals surface area contributed by atoms with Gasteiger partial charge >= 0.3 is 5.97 Å². The number of hydrogen-bond acceptors (Lipinski definition) is 3. The summed E-state index contributed by atoms with van der Waals surface area (Å²) in [5.74, 6) is -0.192. The van der Waals surface area contributed by atoms with Gasteiger partial charge in [0.15, 0.2) is 0 Å². The van der Waals surface area contributed by atoms with Gasteiger partial charge in [0, 0.05) is 5.38 Å². The van der Waals surface area contributed by atoms with Crippen LogP contribution in [0.25, 0.3) is 0 Å². The SMILES string of the molecule is CC(C[N+](C)(C)C1CCCCC1)OC(=O)c1ccsc1.